The number of benzene rings is 2. The molecule has 0 spiro atoms. The Bertz CT molecular complexity index is 778. The first-order chi connectivity index (χ1) is 14.0. The molecule has 0 bridgehead atoms. The van der Waals surface area contributed by atoms with Crippen LogP contribution in [0, 0.1) is 12.7 Å². The highest BCUT2D eigenvalue weighted by Gasteiger charge is 2.13. The summed E-state index contributed by atoms with van der Waals surface area (Å²) in [7, 11) is 0. The zero-order valence-corrected chi connectivity index (χ0v) is 17.5. The number of halogens is 1. The molecule has 29 heavy (non-hydrogen) atoms. The standard InChI is InChI=1S/C24H32FNO3/c1-3-4-5-6-14-29-22-9-7-8-20(16-22)17-26(13-12-24(27)28)18-21-15-19(2)10-11-23(21)25/h7-11,15-16H,3-6,12-14,17-18H2,1-2H3,(H,27,28). The number of aliphatic carboxylic acids is 1. The third-order valence-corrected chi connectivity index (χ3v) is 4.81. The molecule has 2 aromatic rings. The normalized spacial score (nSPS) is 11.0. The molecule has 2 aromatic carbocycles. The van der Waals surface area contributed by atoms with E-state index in [1.54, 1.807) is 6.07 Å². The summed E-state index contributed by atoms with van der Waals surface area (Å²) in [5.41, 5.74) is 2.59. The van der Waals surface area contributed by atoms with E-state index in [-0.39, 0.29) is 12.2 Å². The van der Waals surface area contributed by atoms with E-state index in [4.69, 9.17) is 9.84 Å². The predicted octanol–water partition coefficient (Wildman–Crippen LogP) is 5.57. The van der Waals surface area contributed by atoms with Gasteiger partial charge in [-0.15, -0.1) is 0 Å². The molecule has 0 saturated carbocycles. The summed E-state index contributed by atoms with van der Waals surface area (Å²) in [4.78, 5) is 13.0. The van der Waals surface area contributed by atoms with Crippen LogP contribution in [0.1, 0.15) is 55.7 Å². The van der Waals surface area contributed by atoms with Gasteiger partial charge in [-0.2, -0.15) is 0 Å². The smallest absolute Gasteiger partial charge is 0.304 e. The van der Waals surface area contributed by atoms with Gasteiger partial charge in [0.05, 0.1) is 13.0 Å². The van der Waals surface area contributed by atoms with Crippen LogP contribution in [-0.4, -0.2) is 29.1 Å². The third kappa shape index (κ3) is 8.65. The maximum Gasteiger partial charge on any atom is 0.304 e. The lowest BCUT2D eigenvalue weighted by Crippen LogP contribution is -2.26. The van der Waals surface area contributed by atoms with Crippen molar-refractivity contribution in [2.24, 2.45) is 0 Å². The number of carboxylic acid groups (broad SMARTS) is 1. The Hall–Kier alpha value is -2.40. The van der Waals surface area contributed by atoms with Crippen molar-refractivity contribution in [1.29, 1.82) is 0 Å². The van der Waals surface area contributed by atoms with Gasteiger partial charge in [0.25, 0.3) is 0 Å². The van der Waals surface area contributed by atoms with Gasteiger partial charge in [-0.1, -0.05) is 56.0 Å². The summed E-state index contributed by atoms with van der Waals surface area (Å²) in [6.45, 7) is 6.05. The Labute approximate surface area is 173 Å². The molecular weight excluding hydrogens is 369 g/mol. The van der Waals surface area contributed by atoms with Crippen molar-refractivity contribution >= 4 is 5.97 Å². The van der Waals surface area contributed by atoms with Crippen LogP contribution < -0.4 is 4.74 Å². The van der Waals surface area contributed by atoms with E-state index in [9.17, 15) is 9.18 Å². The van der Waals surface area contributed by atoms with Gasteiger partial charge in [0.2, 0.25) is 0 Å². The highest BCUT2D eigenvalue weighted by molar-refractivity contribution is 5.66. The fraction of sp³-hybridized carbons (Fsp3) is 0.458. The van der Waals surface area contributed by atoms with Crippen LogP contribution in [-0.2, 0) is 17.9 Å². The molecular formula is C24H32FNO3. The lowest BCUT2D eigenvalue weighted by Gasteiger charge is -2.22. The number of carboxylic acids is 1. The quantitative estimate of drug-likeness (QED) is 0.446. The number of unbranched alkanes of at least 4 members (excludes halogenated alkanes) is 3. The molecule has 1 N–H and O–H groups in total. The highest BCUT2D eigenvalue weighted by atomic mass is 19.1. The molecule has 158 valence electrons. The number of nitrogens with zero attached hydrogens (tertiary/aromatic N) is 1. The minimum Gasteiger partial charge on any atom is -0.494 e. The Morgan fingerprint density at radius 1 is 1.10 bits per heavy atom. The Balaban J connectivity index is 2.03. The summed E-state index contributed by atoms with van der Waals surface area (Å²) in [6.07, 6.45) is 4.64. The third-order valence-electron chi connectivity index (χ3n) is 4.81. The van der Waals surface area contributed by atoms with Crippen LogP contribution in [0.15, 0.2) is 42.5 Å². The van der Waals surface area contributed by atoms with E-state index in [2.05, 4.69) is 6.92 Å². The molecule has 0 saturated heterocycles. The van der Waals surface area contributed by atoms with Crippen LogP contribution in [0.5, 0.6) is 5.75 Å². The molecule has 0 aliphatic rings. The van der Waals surface area contributed by atoms with Gasteiger partial charge in [0, 0.05) is 25.2 Å². The molecule has 0 aliphatic carbocycles. The number of hydrogen-bond donors (Lipinski definition) is 1. The summed E-state index contributed by atoms with van der Waals surface area (Å²) in [5.74, 6) is -0.303. The van der Waals surface area contributed by atoms with Crippen molar-refractivity contribution in [3.8, 4) is 5.75 Å². The Morgan fingerprint density at radius 2 is 1.93 bits per heavy atom. The van der Waals surface area contributed by atoms with Gasteiger partial charge >= 0.3 is 5.97 Å². The van der Waals surface area contributed by atoms with Crippen LogP contribution >= 0.6 is 0 Å². The van der Waals surface area contributed by atoms with Gasteiger partial charge in [0.15, 0.2) is 0 Å². The minimum atomic E-state index is -0.858. The highest BCUT2D eigenvalue weighted by Crippen LogP contribution is 2.19. The lowest BCUT2D eigenvalue weighted by atomic mass is 10.1. The maximum atomic E-state index is 14.2. The first-order valence-corrected chi connectivity index (χ1v) is 10.4. The maximum absolute atomic E-state index is 14.2. The van der Waals surface area contributed by atoms with Gasteiger partial charge in [-0.25, -0.2) is 4.39 Å². The van der Waals surface area contributed by atoms with Crippen molar-refractivity contribution < 1.29 is 19.0 Å². The van der Waals surface area contributed by atoms with Gasteiger partial charge in [-0.3, -0.25) is 9.69 Å². The van der Waals surface area contributed by atoms with E-state index in [1.165, 1.54) is 25.3 Å². The molecule has 0 aromatic heterocycles. The van der Waals surface area contributed by atoms with E-state index >= 15 is 0 Å². The number of hydrogen-bond acceptors (Lipinski definition) is 3. The SMILES string of the molecule is CCCCCCOc1cccc(CN(CCC(=O)O)Cc2cc(C)ccc2F)c1. The second-order valence-electron chi connectivity index (χ2n) is 7.51. The zero-order valence-electron chi connectivity index (χ0n) is 17.5. The molecule has 5 heteroatoms. The molecule has 0 heterocycles. The molecule has 0 unspecified atom stereocenters. The topological polar surface area (TPSA) is 49.8 Å². The first-order valence-electron chi connectivity index (χ1n) is 10.4. The average molecular weight is 402 g/mol. The summed E-state index contributed by atoms with van der Waals surface area (Å²) in [5, 5.41) is 9.08. The predicted molar refractivity (Wildman–Crippen MR) is 114 cm³/mol. The lowest BCUT2D eigenvalue weighted by molar-refractivity contribution is -0.137. The van der Waals surface area contributed by atoms with Crippen LogP contribution in [0.2, 0.25) is 0 Å². The monoisotopic (exact) mass is 401 g/mol. The van der Waals surface area contributed by atoms with Crippen LogP contribution in [0.25, 0.3) is 0 Å². The number of carbonyl (C=O) groups is 1. The van der Waals surface area contributed by atoms with E-state index < -0.39 is 5.97 Å². The molecule has 0 aliphatic heterocycles. The number of aryl methyl sites for hydroxylation is 1. The van der Waals surface area contributed by atoms with Crippen molar-refractivity contribution in [3.05, 3.63) is 65.0 Å². The second kappa shape index (κ2) is 12.2. The van der Waals surface area contributed by atoms with Crippen molar-refractivity contribution in [2.75, 3.05) is 13.2 Å². The second-order valence-corrected chi connectivity index (χ2v) is 7.51. The summed E-state index contributed by atoms with van der Waals surface area (Å²) < 4.78 is 20.1. The van der Waals surface area contributed by atoms with Gasteiger partial charge in [0.1, 0.15) is 11.6 Å². The fourth-order valence-corrected chi connectivity index (χ4v) is 3.24. The van der Waals surface area contributed by atoms with E-state index in [1.807, 2.05) is 42.2 Å². The number of ether oxygens (including phenoxy) is 1. The Kier molecular flexibility index (Phi) is 9.65. The molecule has 4 nitrogen and oxygen atoms in total. The molecule has 0 atom stereocenters. The largest absolute Gasteiger partial charge is 0.494 e. The van der Waals surface area contributed by atoms with Crippen LogP contribution in [0.3, 0.4) is 0 Å². The van der Waals surface area contributed by atoms with Crippen LogP contribution in [0.4, 0.5) is 4.39 Å². The first kappa shape index (κ1) is 22.9. The van der Waals surface area contributed by atoms with Crippen molar-refractivity contribution in [3.63, 3.8) is 0 Å². The zero-order chi connectivity index (χ0) is 21.1. The molecule has 2 rings (SSSR count). The van der Waals surface area contributed by atoms with Gasteiger partial charge in [-0.05, 0) is 37.1 Å². The van der Waals surface area contributed by atoms with Gasteiger partial charge < -0.3 is 9.84 Å². The fourth-order valence-electron chi connectivity index (χ4n) is 3.24. The summed E-state index contributed by atoms with van der Waals surface area (Å²) >= 11 is 0. The minimum absolute atomic E-state index is 0.0149. The number of rotatable bonds is 13. The molecule has 0 fully saturated rings. The Morgan fingerprint density at radius 3 is 2.69 bits per heavy atom. The molecule has 0 amide bonds. The van der Waals surface area contributed by atoms with E-state index in [0.717, 1.165) is 23.3 Å². The van der Waals surface area contributed by atoms with E-state index in [0.29, 0.717) is 31.8 Å². The molecule has 0 radical (unpaired) electrons. The average Bonchev–Trinajstić information content (AvgIpc) is 2.69. The summed E-state index contributed by atoms with van der Waals surface area (Å²) in [6, 6.07) is 12.9. The van der Waals surface area contributed by atoms with Crippen molar-refractivity contribution in [1.82, 2.24) is 4.90 Å². The van der Waals surface area contributed by atoms with Crippen molar-refractivity contribution in [2.45, 2.75) is 59.0 Å².